The van der Waals surface area contributed by atoms with Gasteiger partial charge in [-0.3, -0.25) is 10.8 Å². The predicted octanol–water partition coefficient (Wildman–Crippen LogP) is 8.02. The Morgan fingerprint density at radius 1 is 0.727 bits per heavy atom. The second-order valence-corrected chi connectivity index (χ2v) is 7.81. The van der Waals surface area contributed by atoms with Gasteiger partial charge in [0, 0.05) is 5.57 Å². The molecular formula is C31H26N2. The van der Waals surface area contributed by atoms with Crippen LogP contribution in [0, 0.1) is 10.8 Å². The molecule has 0 fully saturated rings. The molecule has 33 heavy (non-hydrogen) atoms. The van der Waals surface area contributed by atoms with E-state index in [4.69, 9.17) is 10.8 Å². The second-order valence-electron chi connectivity index (χ2n) is 7.81. The molecule has 2 nitrogen and oxygen atoms in total. The Morgan fingerprint density at radius 3 is 1.97 bits per heavy atom. The summed E-state index contributed by atoms with van der Waals surface area (Å²) in [4.78, 5) is 0. The number of rotatable bonds is 6. The summed E-state index contributed by atoms with van der Waals surface area (Å²) in [6.45, 7) is 5.76. The minimum absolute atomic E-state index is 0.224. The third-order valence-corrected chi connectivity index (χ3v) is 5.72. The summed E-state index contributed by atoms with van der Waals surface area (Å²) in [6, 6.07) is 26.8. The highest BCUT2D eigenvalue weighted by atomic mass is 14.5. The first-order chi connectivity index (χ1) is 16.1. The lowest BCUT2D eigenvalue weighted by Gasteiger charge is -2.17. The molecule has 0 saturated heterocycles. The second kappa shape index (κ2) is 9.88. The van der Waals surface area contributed by atoms with Gasteiger partial charge in [0.15, 0.2) is 0 Å². The Hall–Kier alpha value is -4.30. The van der Waals surface area contributed by atoms with E-state index in [1.165, 1.54) is 0 Å². The SMILES string of the molecule is C=C/C=C\C(=C/C)c1ccc(C2=CC(=N)C(=N)C(c3ccc(-c4ccccc4)cc3)=C2)cc1. The Balaban J connectivity index is 1.64. The smallest absolute Gasteiger partial charge is 0.0867 e. The lowest BCUT2D eigenvalue weighted by Crippen LogP contribution is -2.15. The number of nitrogens with one attached hydrogen (secondary N) is 2. The zero-order chi connectivity index (χ0) is 23.2. The highest BCUT2D eigenvalue weighted by Crippen LogP contribution is 2.30. The molecule has 0 aromatic heterocycles. The zero-order valence-corrected chi connectivity index (χ0v) is 18.7. The summed E-state index contributed by atoms with van der Waals surface area (Å²) in [5.74, 6) is 0. The fraction of sp³-hybridized carbons (Fsp3) is 0.0323. The molecule has 4 rings (SSSR count). The van der Waals surface area contributed by atoms with Gasteiger partial charge in [-0.15, -0.1) is 0 Å². The minimum atomic E-state index is 0.224. The summed E-state index contributed by atoms with van der Waals surface area (Å²) < 4.78 is 0. The summed E-state index contributed by atoms with van der Waals surface area (Å²) >= 11 is 0. The minimum Gasteiger partial charge on any atom is -0.299 e. The van der Waals surface area contributed by atoms with E-state index < -0.39 is 0 Å². The van der Waals surface area contributed by atoms with Crippen LogP contribution in [0.25, 0.3) is 27.8 Å². The van der Waals surface area contributed by atoms with Gasteiger partial charge in [-0.25, -0.2) is 0 Å². The van der Waals surface area contributed by atoms with Crippen molar-refractivity contribution in [3.63, 3.8) is 0 Å². The van der Waals surface area contributed by atoms with Crippen molar-refractivity contribution in [2.24, 2.45) is 0 Å². The normalized spacial score (nSPS) is 14.3. The van der Waals surface area contributed by atoms with Gasteiger partial charge >= 0.3 is 0 Å². The number of benzene rings is 3. The van der Waals surface area contributed by atoms with Gasteiger partial charge < -0.3 is 0 Å². The molecule has 0 radical (unpaired) electrons. The van der Waals surface area contributed by atoms with Crippen molar-refractivity contribution in [2.75, 3.05) is 0 Å². The molecule has 1 aliphatic rings. The lowest BCUT2D eigenvalue weighted by atomic mass is 9.87. The van der Waals surface area contributed by atoms with E-state index in [9.17, 15) is 0 Å². The Labute approximate surface area is 195 Å². The van der Waals surface area contributed by atoms with Gasteiger partial charge in [0.1, 0.15) is 0 Å². The number of allylic oxidation sites excluding steroid dienone is 9. The van der Waals surface area contributed by atoms with Gasteiger partial charge in [0.2, 0.25) is 0 Å². The number of hydrogen-bond acceptors (Lipinski definition) is 2. The van der Waals surface area contributed by atoms with E-state index in [0.29, 0.717) is 0 Å². The largest absolute Gasteiger partial charge is 0.299 e. The molecule has 0 spiro atoms. The summed E-state index contributed by atoms with van der Waals surface area (Å²) in [7, 11) is 0. The fourth-order valence-electron chi connectivity index (χ4n) is 3.90. The predicted molar refractivity (Wildman–Crippen MR) is 143 cm³/mol. The Bertz CT molecular complexity index is 1310. The molecule has 0 atom stereocenters. The summed E-state index contributed by atoms with van der Waals surface area (Å²) in [5.41, 5.74) is 8.69. The van der Waals surface area contributed by atoms with Crippen molar-refractivity contribution in [2.45, 2.75) is 6.92 Å². The average Bonchev–Trinajstić information content (AvgIpc) is 2.87. The molecule has 0 amide bonds. The van der Waals surface area contributed by atoms with Gasteiger partial charge in [-0.1, -0.05) is 110 Å². The molecule has 0 aliphatic heterocycles. The Morgan fingerprint density at radius 2 is 1.33 bits per heavy atom. The van der Waals surface area contributed by atoms with E-state index in [1.807, 2.05) is 55.5 Å². The van der Waals surface area contributed by atoms with Crippen LogP contribution in [0.4, 0.5) is 0 Å². The number of hydrogen-bond donors (Lipinski definition) is 2. The van der Waals surface area contributed by atoms with Crippen LogP contribution in [-0.4, -0.2) is 11.4 Å². The monoisotopic (exact) mass is 426 g/mol. The van der Waals surface area contributed by atoms with Gasteiger partial charge in [0.25, 0.3) is 0 Å². The van der Waals surface area contributed by atoms with E-state index in [-0.39, 0.29) is 11.4 Å². The fourth-order valence-corrected chi connectivity index (χ4v) is 3.90. The van der Waals surface area contributed by atoms with Crippen molar-refractivity contribution in [1.82, 2.24) is 0 Å². The third-order valence-electron chi connectivity index (χ3n) is 5.72. The van der Waals surface area contributed by atoms with E-state index in [2.05, 4.69) is 61.2 Å². The zero-order valence-electron chi connectivity index (χ0n) is 18.7. The van der Waals surface area contributed by atoms with Crippen molar-refractivity contribution < 1.29 is 0 Å². The van der Waals surface area contributed by atoms with Crippen LogP contribution in [0.15, 0.2) is 122 Å². The van der Waals surface area contributed by atoms with E-state index in [1.54, 1.807) is 12.2 Å². The van der Waals surface area contributed by atoms with Crippen LogP contribution in [0.2, 0.25) is 0 Å². The highest BCUT2D eigenvalue weighted by Gasteiger charge is 2.18. The van der Waals surface area contributed by atoms with E-state index in [0.717, 1.165) is 44.5 Å². The molecule has 0 unspecified atom stereocenters. The molecule has 0 heterocycles. The molecule has 160 valence electrons. The van der Waals surface area contributed by atoms with Crippen molar-refractivity contribution in [3.8, 4) is 11.1 Å². The molecule has 2 heteroatoms. The van der Waals surface area contributed by atoms with Crippen molar-refractivity contribution in [3.05, 3.63) is 139 Å². The van der Waals surface area contributed by atoms with Gasteiger partial charge in [-0.2, -0.15) is 0 Å². The van der Waals surface area contributed by atoms with Crippen LogP contribution < -0.4 is 0 Å². The Kier molecular flexibility index (Phi) is 6.56. The van der Waals surface area contributed by atoms with Crippen LogP contribution >= 0.6 is 0 Å². The topological polar surface area (TPSA) is 47.7 Å². The molecule has 1 aliphatic carbocycles. The van der Waals surface area contributed by atoms with Gasteiger partial charge in [0.05, 0.1) is 11.4 Å². The van der Waals surface area contributed by atoms with Crippen LogP contribution in [0.3, 0.4) is 0 Å². The molecular weight excluding hydrogens is 400 g/mol. The van der Waals surface area contributed by atoms with Crippen LogP contribution in [-0.2, 0) is 0 Å². The first-order valence-corrected chi connectivity index (χ1v) is 10.9. The van der Waals surface area contributed by atoms with Crippen molar-refractivity contribution in [1.29, 1.82) is 10.8 Å². The highest BCUT2D eigenvalue weighted by molar-refractivity contribution is 6.61. The maximum atomic E-state index is 8.48. The maximum absolute atomic E-state index is 8.48. The summed E-state index contributed by atoms with van der Waals surface area (Å²) in [5, 5.41) is 16.9. The van der Waals surface area contributed by atoms with Gasteiger partial charge in [-0.05, 0) is 58.0 Å². The lowest BCUT2D eigenvalue weighted by molar-refractivity contribution is 1.48. The molecule has 2 N–H and O–H groups in total. The molecule has 3 aromatic rings. The first kappa shape index (κ1) is 21.9. The molecule has 3 aromatic carbocycles. The molecule has 0 saturated carbocycles. The van der Waals surface area contributed by atoms with Crippen LogP contribution in [0.1, 0.15) is 23.6 Å². The summed E-state index contributed by atoms with van der Waals surface area (Å²) in [6.07, 6.45) is 11.6. The standard InChI is InChI=1S/C31H26N2/c1-3-5-9-22(4-2)24-12-14-26(15-13-24)28-20-29(31(33)30(32)21-28)27-18-16-25(17-19-27)23-10-7-6-8-11-23/h3-21,32-33H,1H2,2H3/b9-5-,22-4+,32-30?,33-31?. The quantitative estimate of drug-likeness (QED) is 0.296. The van der Waals surface area contributed by atoms with Crippen LogP contribution in [0.5, 0.6) is 0 Å². The maximum Gasteiger partial charge on any atom is 0.0867 e. The third kappa shape index (κ3) is 4.81. The first-order valence-electron chi connectivity index (χ1n) is 10.9. The van der Waals surface area contributed by atoms with Crippen molar-refractivity contribution >= 4 is 28.1 Å². The average molecular weight is 427 g/mol. The molecule has 0 bridgehead atoms. The van der Waals surface area contributed by atoms with E-state index >= 15 is 0 Å².